The highest BCUT2D eigenvalue weighted by Crippen LogP contribution is 2.15. The minimum absolute atomic E-state index is 0.211. The number of halogens is 4. The van der Waals surface area contributed by atoms with Gasteiger partial charge in [0, 0.05) is 6.07 Å². The first kappa shape index (κ1) is 9.56. The fourth-order valence-electron chi connectivity index (χ4n) is 0.648. The van der Waals surface area contributed by atoms with Crippen molar-refractivity contribution in [2.24, 2.45) is 0 Å². The van der Waals surface area contributed by atoms with Crippen LogP contribution in [0.2, 0.25) is 0 Å². The standard InChI is InChI=1S/C6H3F3INO/c7-5(8)2-1-3(12)4(10)6(9)11-2/h1,5H,(H,11,12). The summed E-state index contributed by atoms with van der Waals surface area (Å²) < 4.78 is 36.2. The van der Waals surface area contributed by atoms with Gasteiger partial charge < -0.3 is 4.98 Å². The van der Waals surface area contributed by atoms with E-state index in [1.807, 2.05) is 0 Å². The third-order valence-corrected chi connectivity index (χ3v) is 2.19. The van der Waals surface area contributed by atoms with Gasteiger partial charge in [-0.15, -0.1) is 0 Å². The minimum atomic E-state index is -2.86. The van der Waals surface area contributed by atoms with E-state index in [1.54, 1.807) is 4.98 Å². The Morgan fingerprint density at radius 3 is 2.50 bits per heavy atom. The lowest BCUT2D eigenvalue weighted by Crippen LogP contribution is -2.11. The molecule has 1 aromatic heterocycles. The Morgan fingerprint density at radius 1 is 1.50 bits per heavy atom. The number of hydrogen-bond donors (Lipinski definition) is 1. The molecule has 6 heteroatoms. The topological polar surface area (TPSA) is 32.9 Å². The maximum Gasteiger partial charge on any atom is 0.278 e. The van der Waals surface area contributed by atoms with Crippen molar-refractivity contribution >= 4 is 22.6 Å². The molecule has 0 amide bonds. The summed E-state index contributed by atoms with van der Waals surface area (Å²) in [5, 5.41) is 0. The molecule has 0 atom stereocenters. The maximum absolute atomic E-state index is 12.6. The van der Waals surface area contributed by atoms with Gasteiger partial charge in [0.1, 0.15) is 3.57 Å². The summed E-state index contributed by atoms with van der Waals surface area (Å²) in [7, 11) is 0. The Morgan fingerprint density at radius 2 is 2.08 bits per heavy atom. The molecular weight excluding hydrogens is 286 g/mol. The monoisotopic (exact) mass is 289 g/mol. The van der Waals surface area contributed by atoms with Gasteiger partial charge in [-0.05, 0) is 22.6 Å². The van der Waals surface area contributed by atoms with Gasteiger partial charge in [-0.3, -0.25) is 4.79 Å². The zero-order valence-corrected chi connectivity index (χ0v) is 7.73. The van der Waals surface area contributed by atoms with E-state index in [9.17, 15) is 18.0 Å². The summed E-state index contributed by atoms with van der Waals surface area (Å²) in [4.78, 5) is 12.6. The summed E-state index contributed by atoms with van der Waals surface area (Å²) in [5.41, 5.74) is -1.43. The van der Waals surface area contributed by atoms with Crippen molar-refractivity contribution < 1.29 is 13.2 Å². The van der Waals surface area contributed by atoms with Crippen LogP contribution in [0.25, 0.3) is 0 Å². The molecule has 0 radical (unpaired) electrons. The molecule has 0 aliphatic heterocycles. The third kappa shape index (κ3) is 1.79. The minimum Gasteiger partial charge on any atom is -0.330 e. The first-order valence-corrected chi connectivity index (χ1v) is 3.96. The fourth-order valence-corrected chi connectivity index (χ4v) is 0.939. The number of aromatic nitrogens is 1. The highest BCUT2D eigenvalue weighted by atomic mass is 127. The zero-order valence-electron chi connectivity index (χ0n) is 5.57. The van der Waals surface area contributed by atoms with E-state index in [0.29, 0.717) is 6.07 Å². The van der Waals surface area contributed by atoms with E-state index in [0.717, 1.165) is 0 Å². The number of rotatable bonds is 1. The second-order valence-corrected chi connectivity index (χ2v) is 3.10. The lowest BCUT2D eigenvalue weighted by atomic mass is 10.3. The SMILES string of the molecule is O=c1cc(C(F)F)[nH]c(F)c1I. The molecule has 0 bridgehead atoms. The van der Waals surface area contributed by atoms with Crippen molar-refractivity contribution in [1.29, 1.82) is 0 Å². The Balaban J connectivity index is 3.31. The number of H-pyrrole nitrogens is 1. The lowest BCUT2D eigenvalue weighted by molar-refractivity contribution is 0.144. The van der Waals surface area contributed by atoms with Crippen LogP contribution in [0.3, 0.4) is 0 Å². The van der Waals surface area contributed by atoms with Crippen LogP contribution in [0.1, 0.15) is 12.1 Å². The van der Waals surface area contributed by atoms with Gasteiger partial charge in [0.25, 0.3) is 6.43 Å². The number of alkyl halides is 2. The molecule has 0 fully saturated rings. The molecule has 0 unspecified atom stereocenters. The highest BCUT2D eigenvalue weighted by Gasteiger charge is 2.12. The van der Waals surface area contributed by atoms with Crippen molar-refractivity contribution in [3.8, 4) is 0 Å². The van der Waals surface area contributed by atoms with Gasteiger partial charge in [0.15, 0.2) is 5.43 Å². The molecule has 66 valence electrons. The van der Waals surface area contributed by atoms with Crippen molar-refractivity contribution in [2.45, 2.75) is 6.43 Å². The smallest absolute Gasteiger partial charge is 0.278 e. The molecule has 0 aromatic carbocycles. The summed E-state index contributed by atoms with van der Waals surface area (Å²) >= 11 is 1.45. The second-order valence-electron chi connectivity index (χ2n) is 2.02. The Kier molecular flexibility index (Phi) is 2.76. The molecule has 0 aliphatic carbocycles. The molecular formula is C6H3F3INO. The fraction of sp³-hybridized carbons (Fsp3) is 0.167. The Bertz CT molecular complexity index is 349. The highest BCUT2D eigenvalue weighted by molar-refractivity contribution is 14.1. The number of aromatic amines is 1. The first-order chi connectivity index (χ1) is 5.52. The predicted molar refractivity (Wildman–Crippen MR) is 44.7 cm³/mol. The Hall–Kier alpha value is -0.530. The number of nitrogens with one attached hydrogen (secondary N) is 1. The first-order valence-electron chi connectivity index (χ1n) is 2.88. The van der Waals surface area contributed by atoms with Gasteiger partial charge in [-0.2, -0.15) is 4.39 Å². The van der Waals surface area contributed by atoms with Crippen LogP contribution in [0.5, 0.6) is 0 Å². The number of hydrogen-bond acceptors (Lipinski definition) is 1. The number of pyridine rings is 1. The molecule has 12 heavy (non-hydrogen) atoms. The van der Waals surface area contributed by atoms with Crippen molar-refractivity contribution in [3.63, 3.8) is 0 Å². The molecule has 0 saturated carbocycles. The van der Waals surface area contributed by atoms with Crippen molar-refractivity contribution in [2.75, 3.05) is 0 Å². The molecule has 1 aromatic rings. The van der Waals surface area contributed by atoms with E-state index in [-0.39, 0.29) is 3.57 Å². The van der Waals surface area contributed by atoms with Gasteiger partial charge >= 0.3 is 0 Å². The molecule has 1 heterocycles. The average molecular weight is 289 g/mol. The second kappa shape index (κ2) is 3.46. The van der Waals surface area contributed by atoms with Gasteiger partial charge in [0.05, 0.1) is 5.69 Å². The Labute approximate surface area is 78.9 Å². The van der Waals surface area contributed by atoms with Crippen LogP contribution in [0.4, 0.5) is 13.2 Å². The summed E-state index contributed by atoms with van der Waals surface area (Å²) in [6.45, 7) is 0. The molecule has 0 spiro atoms. The molecule has 0 aliphatic rings. The van der Waals surface area contributed by atoms with E-state index < -0.39 is 23.5 Å². The summed E-state index contributed by atoms with van der Waals surface area (Å²) in [6.07, 6.45) is -2.86. The van der Waals surface area contributed by atoms with Crippen molar-refractivity contribution in [3.05, 3.63) is 31.5 Å². The summed E-state index contributed by atoms with van der Waals surface area (Å²) in [6, 6.07) is 0.690. The molecule has 0 saturated heterocycles. The van der Waals surface area contributed by atoms with Crippen LogP contribution in [0.15, 0.2) is 10.9 Å². The third-order valence-electron chi connectivity index (χ3n) is 1.18. The van der Waals surface area contributed by atoms with E-state index in [1.165, 1.54) is 22.6 Å². The van der Waals surface area contributed by atoms with Crippen LogP contribution in [0, 0.1) is 9.52 Å². The molecule has 1 N–H and O–H groups in total. The van der Waals surface area contributed by atoms with Crippen LogP contribution >= 0.6 is 22.6 Å². The largest absolute Gasteiger partial charge is 0.330 e. The summed E-state index contributed by atoms with van der Waals surface area (Å²) in [5.74, 6) is -1.02. The van der Waals surface area contributed by atoms with Gasteiger partial charge in [0.2, 0.25) is 5.95 Å². The normalized spacial score (nSPS) is 10.8. The van der Waals surface area contributed by atoms with Gasteiger partial charge in [-0.1, -0.05) is 0 Å². The zero-order chi connectivity index (χ0) is 9.30. The van der Waals surface area contributed by atoms with Crippen molar-refractivity contribution in [1.82, 2.24) is 4.98 Å². The predicted octanol–water partition coefficient (Wildman–Crippen LogP) is 2.06. The maximum atomic E-state index is 12.6. The van der Waals surface area contributed by atoms with Crippen LogP contribution < -0.4 is 5.43 Å². The van der Waals surface area contributed by atoms with E-state index >= 15 is 0 Å². The molecule has 2 nitrogen and oxygen atoms in total. The quantitative estimate of drug-likeness (QED) is 0.623. The molecule has 1 rings (SSSR count). The van der Waals surface area contributed by atoms with Crippen LogP contribution in [-0.2, 0) is 0 Å². The average Bonchev–Trinajstić information content (AvgIpc) is 1.99. The van der Waals surface area contributed by atoms with E-state index in [2.05, 4.69) is 0 Å². The van der Waals surface area contributed by atoms with Crippen LogP contribution in [-0.4, -0.2) is 4.98 Å². The van der Waals surface area contributed by atoms with Gasteiger partial charge in [-0.25, -0.2) is 8.78 Å². The lowest BCUT2D eigenvalue weighted by Gasteiger charge is -2.00. The van der Waals surface area contributed by atoms with E-state index in [4.69, 9.17) is 0 Å².